The molecule has 0 bridgehead atoms. The van der Waals surface area contributed by atoms with Gasteiger partial charge in [0.2, 0.25) is 0 Å². The van der Waals surface area contributed by atoms with Gasteiger partial charge in [0, 0.05) is 39.6 Å². The smallest absolute Gasteiger partial charge is 0.327 e. The Morgan fingerprint density at radius 3 is 2.53 bits per heavy atom. The second kappa shape index (κ2) is 10.6. The molecule has 1 N–H and O–H groups in total. The van der Waals surface area contributed by atoms with Crippen LogP contribution in [0.3, 0.4) is 0 Å². The zero-order valence-corrected chi connectivity index (χ0v) is 20.0. The van der Waals surface area contributed by atoms with Gasteiger partial charge in [-0.25, -0.2) is 9.78 Å². The molecule has 0 amide bonds. The van der Waals surface area contributed by atoms with E-state index in [1.54, 1.807) is 18.9 Å². The molecule has 3 heterocycles. The lowest BCUT2D eigenvalue weighted by molar-refractivity contribution is -0.203. The highest BCUT2D eigenvalue weighted by Gasteiger charge is 2.50. The minimum Gasteiger partial charge on any atom is -0.327 e. The van der Waals surface area contributed by atoms with E-state index in [9.17, 15) is 22.8 Å². The summed E-state index contributed by atoms with van der Waals surface area (Å²) in [5.41, 5.74) is 0.611. The SMILES string of the molecule is CC#CCN1c2c(nc(CCc3ccccc3)n(C)c2=O)N(OC(=O)C(F)(F)F)C1N1CCNCC1. The summed E-state index contributed by atoms with van der Waals surface area (Å²) in [5, 5.41) is 4.00. The molecule has 0 radical (unpaired) electrons. The normalized spacial score (nSPS) is 18.0. The molecule has 1 unspecified atom stereocenters. The number of nitrogens with zero attached hydrogens (tertiary/aromatic N) is 5. The predicted octanol–water partition coefficient (Wildman–Crippen LogP) is 1.42. The van der Waals surface area contributed by atoms with Crippen LogP contribution in [0, 0.1) is 11.8 Å². The Balaban J connectivity index is 1.79. The van der Waals surface area contributed by atoms with Crippen LogP contribution in [-0.2, 0) is 29.5 Å². The number of anilines is 2. The van der Waals surface area contributed by atoms with E-state index in [2.05, 4.69) is 22.1 Å². The average Bonchev–Trinajstić information content (AvgIpc) is 3.17. The van der Waals surface area contributed by atoms with Gasteiger partial charge in [0.1, 0.15) is 5.82 Å². The third kappa shape index (κ3) is 5.17. The standard InChI is InChI=1S/C24H27F3N6O3/c1-3-4-14-32-19-20(29-18(30(2)21(19)34)11-10-17-8-6-5-7-9-17)33(36-22(35)24(25,26)27)23(32)31-15-12-28-13-16-31/h5-9,23,28H,10-16H2,1-2H3. The predicted molar refractivity (Wildman–Crippen MR) is 127 cm³/mol. The Morgan fingerprint density at radius 2 is 1.89 bits per heavy atom. The molecule has 36 heavy (non-hydrogen) atoms. The van der Waals surface area contributed by atoms with Gasteiger partial charge >= 0.3 is 12.1 Å². The summed E-state index contributed by atoms with van der Waals surface area (Å²) in [7, 11) is 1.57. The van der Waals surface area contributed by atoms with Crippen molar-refractivity contribution >= 4 is 17.5 Å². The molecule has 1 fully saturated rings. The quantitative estimate of drug-likeness (QED) is 0.592. The van der Waals surface area contributed by atoms with Crippen LogP contribution < -0.4 is 20.8 Å². The highest BCUT2D eigenvalue weighted by Crippen LogP contribution is 2.38. The molecule has 4 rings (SSSR count). The second-order valence-corrected chi connectivity index (χ2v) is 8.44. The van der Waals surface area contributed by atoms with Gasteiger partial charge in [-0.05, 0) is 18.9 Å². The number of halogens is 3. The Bertz CT molecular complexity index is 1220. The van der Waals surface area contributed by atoms with Gasteiger partial charge in [0.25, 0.3) is 5.56 Å². The highest BCUT2D eigenvalue weighted by atomic mass is 19.4. The van der Waals surface area contributed by atoms with E-state index in [-0.39, 0.29) is 18.1 Å². The molecule has 192 valence electrons. The number of aromatic nitrogens is 2. The van der Waals surface area contributed by atoms with E-state index in [1.165, 1.54) is 4.57 Å². The van der Waals surface area contributed by atoms with Crippen LogP contribution >= 0.6 is 0 Å². The molecule has 9 nitrogen and oxygen atoms in total. The Labute approximate surface area is 206 Å². The van der Waals surface area contributed by atoms with Gasteiger partial charge in [-0.3, -0.25) is 14.3 Å². The van der Waals surface area contributed by atoms with Gasteiger partial charge in [-0.1, -0.05) is 36.3 Å². The molecule has 1 aromatic heterocycles. The summed E-state index contributed by atoms with van der Waals surface area (Å²) in [5.74, 6) is 3.49. The number of aryl methyl sites for hydroxylation is 2. The summed E-state index contributed by atoms with van der Waals surface area (Å²) in [6.45, 7) is 3.73. The number of nitrogens with one attached hydrogen (secondary N) is 1. The highest BCUT2D eigenvalue weighted by molar-refractivity contribution is 5.80. The summed E-state index contributed by atoms with van der Waals surface area (Å²) in [6, 6.07) is 9.56. The lowest BCUT2D eigenvalue weighted by Crippen LogP contribution is -2.61. The van der Waals surface area contributed by atoms with E-state index in [0.717, 1.165) is 10.6 Å². The average molecular weight is 505 g/mol. The molecule has 2 aliphatic heterocycles. The first-order chi connectivity index (χ1) is 17.2. The molecule has 1 aromatic carbocycles. The number of benzene rings is 1. The second-order valence-electron chi connectivity index (χ2n) is 8.44. The van der Waals surface area contributed by atoms with Crippen LogP contribution in [0.25, 0.3) is 0 Å². The number of hydrogen-bond acceptors (Lipinski definition) is 8. The number of piperazine rings is 1. The van der Waals surface area contributed by atoms with Crippen molar-refractivity contribution < 1.29 is 22.8 Å². The minimum absolute atomic E-state index is 0.0401. The van der Waals surface area contributed by atoms with E-state index in [0.29, 0.717) is 44.8 Å². The van der Waals surface area contributed by atoms with Gasteiger partial charge in [0.05, 0.1) is 6.54 Å². The van der Waals surface area contributed by atoms with Gasteiger partial charge in [0.15, 0.2) is 17.8 Å². The van der Waals surface area contributed by atoms with E-state index >= 15 is 0 Å². The first-order valence-electron chi connectivity index (χ1n) is 11.6. The van der Waals surface area contributed by atoms with E-state index < -0.39 is 24.0 Å². The largest absolute Gasteiger partial charge is 0.493 e. The molecule has 0 saturated carbocycles. The van der Waals surface area contributed by atoms with Crippen molar-refractivity contribution in [2.45, 2.75) is 32.2 Å². The molecule has 12 heteroatoms. The van der Waals surface area contributed by atoms with Crippen LogP contribution in [0.1, 0.15) is 18.3 Å². The first kappa shape index (κ1) is 25.5. The van der Waals surface area contributed by atoms with Crippen LogP contribution in [0.2, 0.25) is 0 Å². The van der Waals surface area contributed by atoms with E-state index in [1.807, 2.05) is 35.2 Å². The fraction of sp³-hybridized carbons (Fsp3) is 0.458. The van der Waals surface area contributed by atoms with Crippen LogP contribution in [0.4, 0.5) is 24.7 Å². The molecule has 2 aliphatic rings. The van der Waals surface area contributed by atoms with Crippen molar-refractivity contribution in [1.29, 1.82) is 0 Å². The van der Waals surface area contributed by atoms with Crippen molar-refractivity contribution in [3.05, 3.63) is 52.1 Å². The van der Waals surface area contributed by atoms with Crippen molar-refractivity contribution in [1.82, 2.24) is 19.8 Å². The molecular weight excluding hydrogens is 477 g/mol. The number of carbonyl (C=O) groups is 1. The van der Waals surface area contributed by atoms with Crippen LogP contribution in [0.5, 0.6) is 0 Å². The van der Waals surface area contributed by atoms with Gasteiger partial charge in [-0.2, -0.15) is 13.2 Å². The van der Waals surface area contributed by atoms with Gasteiger partial charge < -0.3 is 15.1 Å². The fourth-order valence-electron chi connectivity index (χ4n) is 4.32. The monoisotopic (exact) mass is 504 g/mol. The van der Waals surface area contributed by atoms with Crippen molar-refractivity contribution in [2.75, 3.05) is 42.7 Å². The molecule has 1 atom stereocenters. The number of carbonyl (C=O) groups excluding carboxylic acids is 1. The zero-order chi connectivity index (χ0) is 25.9. The fourth-order valence-corrected chi connectivity index (χ4v) is 4.32. The summed E-state index contributed by atoms with van der Waals surface area (Å²) < 4.78 is 41.1. The maximum Gasteiger partial charge on any atom is 0.493 e. The first-order valence-corrected chi connectivity index (χ1v) is 11.6. The Hall–Kier alpha value is -3.56. The van der Waals surface area contributed by atoms with Crippen molar-refractivity contribution in [2.24, 2.45) is 7.05 Å². The lowest BCUT2D eigenvalue weighted by Gasteiger charge is -2.40. The third-order valence-corrected chi connectivity index (χ3v) is 6.12. The minimum atomic E-state index is -5.22. The van der Waals surface area contributed by atoms with Crippen LogP contribution in [0.15, 0.2) is 35.1 Å². The van der Waals surface area contributed by atoms with Crippen LogP contribution in [-0.4, -0.2) is 65.6 Å². The number of hydrogen-bond donors (Lipinski definition) is 1. The molecule has 1 saturated heterocycles. The number of rotatable bonds is 6. The van der Waals surface area contributed by atoms with E-state index in [4.69, 9.17) is 4.84 Å². The molecule has 2 aromatic rings. The maximum atomic E-state index is 13.5. The topological polar surface area (TPSA) is 82.9 Å². The molecule has 0 aliphatic carbocycles. The number of alkyl halides is 3. The Kier molecular flexibility index (Phi) is 7.51. The number of fused-ring (bicyclic) bond motifs is 1. The van der Waals surface area contributed by atoms with Gasteiger partial charge in [-0.15, -0.1) is 11.0 Å². The summed E-state index contributed by atoms with van der Waals surface area (Å²) in [6.07, 6.45) is -5.30. The third-order valence-electron chi connectivity index (χ3n) is 6.12. The summed E-state index contributed by atoms with van der Waals surface area (Å²) >= 11 is 0. The van der Waals surface area contributed by atoms with Crippen molar-refractivity contribution in [3.8, 4) is 11.8 Å². The Morgan fingerprint density at radius 1 is 1.19 bits per heavy atom. The molecular formula is C24H27F3N6O3. The number of hydroxylamine groups is 1. The molecule has 0 spiro atoms. The maximum absolute atomic E-state index is 13.5. The summed E-state index contributed by atoms with van der Waals surface area (Å²) in [4.78, 5) is 38.3. The lowest BCUT2D eigenvalue weighted by atomic mass is 10.1. The van der Waals surface area contributed by atoms with Crippen molar-refractivity contribution in [3.63, 3.8) is 0 Å². The zero-order valence-electron chi connectivity index (χ0n) is 20.0.